The van der Waals surface area contributed by atoms with Gasteiger partial charge in [0.25, 0.3) is 0 Å². The number of likely N-dealkylation sites (tertiary alicyclic amines) is 1. The molecule has 0 atom stereocenters. The van der Waals surface area contributed by atoms with Crippen LogP contribution in [-0.4, -0.2) is 30.4 Å². The first kappa shape index (κ1) is 23.3. The summed E-state index contributed by atoms with van der Waals surface area (Å²) in [6, 6.07) is 26.4. The lowest BCUT2D eigenvalue weighted by atomic mass is 9.69. The van der Waals surface area contributed by atoms with Gasteiger partial charge in [-0.3, -0.25) is 4.79 Å². The number of benzene rings is 3. The second-order valence-electron chi connectivity index (χ2n) is 10.2. The molecule has 0 aromatic heterocycles. The smallest absolute Gasteiger partial charge is 0.224 e. The molecule has 1 saturated heterocycles. The summed E-state index contributed by atoms with van der Waals surface area (Å²) < 4.78 is 0. The number of nitrogens with one attached hydrogen (secondary N) is 1. The molecule has 1 N–H and O–H groups in total. The zero-order valence-corrected chi connectivity index (χ0v) is 20.2. The lowest BCUT2D eigenvalue weighted by Gasteiger charge is -2.42. The second kappa shape index (κ2) is 10.5. The van der Waals surface area contributed by atoms with Crippen LogP contribution in [0.5, 0.6) is 0 Å². The normalized spacial score (nSPS) is 17.5. The Kier molecular flexibility index (Phi) is 6.97. The summed E-state index contributed by atoms with van der Waals surface area (Å²) >= 11 is 0. The zero-order valence-electron chi connectivity index (χ0n) is 20.2. The van der Waals surface area contributed by atoms with Crippen LogP contribution < -0.4 is 5.32 Å². The molecule has 1 amide bonds. The quantitative estimate of drug-likeness (QED) is 0.363. The highest BCUT2D eigenvalue weighted by Crippen LogP contribution is 2.41. The molecule has 3 aromatic carbocycles. The van der Waals surface area contributed by atoms with E-state index < -0.39 is 0 Å². The van der Waals surface area contributed by atoms with Crippen molar-refractivity contribution < 1.29 is 4.79 Å². The Morgan fingerprint density at radius 3 is 2.37 bits per heavy atom. The van der Waals surface area contributed by atoms with Gasteiger partial charge in [0.05, 0.1) is 6.57 Å². The fourth-order valence-electron chi connectivity index (χ4n) is 5.38. The van der Waals surface area contributed by atoms with Crippen molar-refractivity contribution in [1.29, 1.82) is 0 Å². The molecular formula is C31H33N3O. The van der Waals surface area contributed by atoms with E-state index in [1.54, 1.807) is 0 Å². The van der Waals surface area contributed by atoms with Gasteiger partial charge in [0.2, 0.25) is 5.91 Å². The average Bonchev–Trinajstić information content (AvgIpc) is 3.73. The van der Waals surface area contributed by atoms with Gasteiger partial charge in [0.1, 0.15) is 0 Å². The third kappa shape index (κ3) is 5.81. The topological polar surface area (TPSA) is 36.7 Å². The van der Waals surface area contributed by atoms with Crippen LogP contribution in [0.3, 0.4) is 0 Å². The monoisotopic (exact) mass is 463 g/mol. The van der Waals surface area contributed by atoms with Crippen LogP contribution in [0.15, 0.2) is 78.9 Å². The van der Waals surface area contributed by atoms with Crippen LogP contribution in [0.2, 0.25) is 0 Å². The summed E-state index contributed by atoms with van der Waals surface area (Å²) in [5.41, 5.74) is 5.07. The molecule has 0 spiro atoms. The van der Waals surface area contributed by atoms with Crippen molar-refractivity contribution in [1.82, 2.24) is 4.90 Å². The Labute approximate surface area is 208 Å². The SMILES string of the molecule is [C-]#[N+]c1cccc(-c2ccc(C3(CCC(=O)Nc4ccccc4)CCN(CC4CC4)CC3)cc2)c1. The number of hydrogen-bond donors (Lipinski definition) is 1. The molecule has 3 aromatic rings. The van der Waals surface area contributed by atoms with Gasteiger partial charge in [0, 0.05) is 18.7 Å². The summed E-state index contributed by atoms with van der Waals surface area (Å²) in [5.74, 6) is 0.994. The number of para-hydroxylation sites is 1. The number of rotatable bonds is 8. The van der Waals surface area contributed by atoms with Gasteiger partial charge >= 0.3 is 0 Å². The van der Waals surface area contributed by atoms with E-state index in [-0.39, 0.29) is 11.3 Å². The van der Waals surface area contributed by atoms with Gasteiger partial charge in [-0.2, -0.15) is 0 Å². The van der Waals surface area contributed by atoms with Crippen molar-refractivity contribution in [2.24, 2.45) is 5.92 Å². The van der Waals surface area contributed by atoms with Crippen molar-refractivity contribution in [2.45, 2.75) is 43.9 Å². The Morgan fingerprint density at radius 2 is 1.69 bits per heavy atom. The van der Waals surface area contributed by atoms with Crippen molar-refractivity contribution in [3.63, 3.8) is 0 Å². The Balaban J connectivity index is 1.32. The molecule has 2 fully saturated rings. The number of piperidine rings is 1. The first-order chi connectivity index (χ1) is 17.1. The van der Waals surface area contributed by atoms with Gasteiger partial charge in [-0.1, -0.05) is 60.7 Å². The predicted octanol–water partition coefficient (Wildman–Crippen LogP) is 7.07. The fraction of sp³-hybridized carbons (Fsp3) is 0.355. The minimum Gasteiger partial charge on any atom is -0.326 e. The zero-order chi connectivity index (χ0) is 24.1. The number of nitrogens with zero attached hydrogens (tertiary/aromatic N) is 2. The van der Waals surface area contributed by atoms with Crippen molar-refractivity contribution in [3.8, 4) is 11.1 Å². The van der Waals surface area contributed by atoms with Crippen LogP contribution in [0.4, 0.5) is 11.4 Å². The minimum atomic E-state index is 0.0188. The summed E-state index contributed by atoms with van der Waals surface area (Å²) in [6.07, 6.45) is 6.33. The first-order valence-electron chi connectivity index (χ1n) is 12.8. The highest BCUT2D eigenvalue weighted by molar-refractivity contribution is 5.90. The van der Waals surface area contributed by atoms with Gasteiger partial charge in [-0.15, -0.1) is 0 Å². The molecule has 1 aliphatic carbocycles. The molecular weight excluding hydrogens is 430 g/mol. The van der Waals surface area contributed by atoms with Crippen LogP contribution in [0.1, 0.15) is 44.1 Å². The molecule has 2 aliphatic rings. The molecule has 1 saturated carbocycles. The maximum atomic E-state index is 12.8. The van der Waals surface area contributed by atoms with Crippen molar-refractivity contribution in [3.05, 3.63) is 95.8 Å². The van der Waals surface area contributed by atoms with Gasteiger partial charge < -0.3 is 10.2 Å². The highest BCUT2D eigenvalue weighted by atomic mass is 16.1. The highest BCUT2D eigenvalue weighted by Gasteiger charge is 2.37. The van der Waals surface area contributed by atoms with E-state index in [1.807, 2.05) is 48.5 Å². The van der Waals surface area contributed by atoms with E-state index in [0.29, 0.717) is 12.1 Å². The minimum absolute atomic E-state index is 0.0188. The Bertz CT molecular complexity index is 1180. The standard InChI is InChI=1S/C31H33N3O/c1-32-29-9-5-6-26(22-29)25-12-14-27(15-13-25)31(18-20-34(21-19-31)23-24-10-11-24)17-16-30(35)33-28-7-3-2-4-8-28/h2-9,12-15,22,24H,10-11,16-21,23H2,(H,33,35). The Morgan fingerprint density at radius 1 is 0.943 bits per heavy atom. The maximum absolute atomic E-state index is 12.8. The molecule has 4 heteroatoms. The van der Waals surface area contributed by atoms with E-state index in [2.05, 4.69) is 45.4 Å². The maximum Gasteiger partial charge on any atom is 0.224 e. The molecule has 35 heavy (non-hydrogen) atoms. The second-order valence-corrected chi connectivity index (χ2v) is 10.2. The van der Waals surface area contributed by atoms with Crippen LogP contribution in [0.25, 0.3) is 16.0 Å². The van der Waals surface area contributed by atoms with Crippen molar-refractivity contribution in [2.75, 3.05) is 25.0 Å². The molecule has 1 heterocycles. The van der Waals surface area contributed by atoms with E-state index in [4.69, 9.17) is 6.57 Å². The number of hydrogen-bond acceptors (Lipinski definition) is 2. The Hall–Kier alpha value is -3.42. The molecule has 0 unspecified atom stereocenters. The average molecular weight is 464 g/mol. The summed E-state index contributed by atoms with van der Waals surface area (Å²) in [5, 5.41) is 3.06. The lowest BCUT2D eigenvalue weighted by Crippen LogP contribution is -2.43. The van der Waals surface area contributed by atoms with E-state index in [1.165, 1.54) is 24.9 Å². The number of carbonyl (C=O) groups is 1. The fourth-order valence-corrected chi connectivity index (χ4v) is 5.38. The van der Waals surface area contributed by atoms with E-state index in [0.717, 1.165) is 55.1 Å². The third-order valence-electron chi connectivity index (χ3n) is 7.72. The molecule has 0 radical (unpaired) electrons. The summed E-state index contributed by atoms with van der Waals surface area (Å²) in [7, 11) is 0. The van der Waals surface area contributed by atoms with E-state index >= 15 is 0 Å². The molecule has 178 valence electrons. The lowest BCUT2D eigenvalue weighted by molar-refractivity contribution is -0.116. The van der Waals surface area contributed by atoms with Gasteiger partial charge in [-0.25, -0.2) is 4.85 Å². The van der Waals surface area contributed by atoms with Crippen LogP contribution in [-0.2, 0) is 10.2 Å². The number of carbonyl (C=O) groups excluding carboxylic acids is 1. The predicted molar refractivity (Wildman–Crippen MR) is 143 cm³/mol. The molecule has 5 rings (SSSR count). The van der Waals surface area contributed by atoms with E-state index in [9.17, 15) is 4.79 Å². The molecule has 1 aliphatic heterocycles. The number of anilines is 1. The largest absolute Gasteiger partial charge is 0.326 e. The molecule has 0 bridgehead atoms. The molecule has 4 nitrogen and oxygen atoms in total. The van der Waals surface area contributed by atoms with Crippen LogP contribution in [0, 0.1) is 12.5 Å². The van der Waals surface area contributed by atoms with Crippen LogP contribution >= 0.6 is 0 Å². The summed E-state index contributed by atoms with van der Waals surface area (Å²) in [6.45, 7) is 10.7. The van der Waals surface area contributed by atoms with Crippen molar-refractivity contribution >= 4 is 17.3 Å². The van der Waals surface area contributed by atoms with Gasteiger partial charge in [0.15, 0.2) is 5.69 Å². The number of amides is 1. The summed E-state index contributed by atoms with van der Waals surface area (Å²) in [4.78, 5) is 19.0. The van der Waals surface area contributed by atoms with Gasteiger partial charge in [-0.05, 0) is 91.4 Å². The third-order valence-corrected chi connectivity index (χ3v) is 7.72. The first-order valence-corrected chi connectivity index (χ1v) is 12.8.